The normalized spacial score (nSPS) is 15.3. The van der Waals surface area contributed by atoms with E-state index in [1.54, 1.807) is 31.4 Å². The summed E-state index contributed by atoms with van der Waals surface area (Å²) in [5.41, 5.74) is 7.26. The Morgan fingerprint density at radius 3 is 2.41 bits per heavy atom. The number of likely N-dealkylation sites (tertiary alicyclic amines) is 1. The van der Waals surface area contributed by atoms with Crippen molar-refractivity contribution in [1.29, 1.82) is 0 Å². The fourth-order valence-corrected chi connectivity index (χ4v) is 3.44. The summed E-state index contributed by atoms with van der Waals surface area (Å²) in [6.07, 6.45) is 2.34. The summed E-state index contributed by atoms with van der Waals surface area (Å²) in [5.74, 6) is 0.136. The molecule has 0 spiro atoms. The van der Waals surface area contributed by atoms with Gasteiger partial charge in [0.15, 0.2) is 0 Å². The topological polar surface area (TPSA) is 84.7 Å². The van der Waals surface area contributed by atoms with Crippen LogP contribution in [0.15, 0.2) is 48.5 Å². The Balaban J connectivity index is 1.72. The Kier molecular flexibility index (Phi) is 6.08. The van der Waals surface area contributed by atoms with E-state index in [9.17, 15) is 9.59 Å². The van der Waals surface area contributed by atoms with Gasteiger partial charge in [0.1, 0.15) is 5.75 Å². The average Bonchev–Trinajstić information content (AvgIpc) is 3.22. The van der Waals surface area contributed by atoms with Gasteiger partial charge in [0, 0.05) is 17.7 Å². The SMILES string of the molecule is COc1cccc(C(CNC(=O)c2ccc(C(N)=O)cc2)N2CCCC2)c1. The summed E-state index contributed by atoms with van der Waals surface area (Å²) in [6, 6.07) is 14.4. The molecule has 0 radical (unpaired) electrons. The first-order valence-electron chi connectivity index (χ1n) is 9.14. The van der Waals surface area contributed by atoms with Crippen molar-refractivity contribution in [2.45, 2.75) is 18.9 Å². The molecule has 0 aliphatic carbocycles. The van der Waals surface area contributed by atoms with Crippen molar-refractivity contribution in [3.8, 4) is 5.75 Å². The lowest BCUT2D eigenvalue weighted by Crippen LogP contribution is -2.36. The Morgan fingerprint density at radius 1 is 1.11 bits per heavy atom. The number of hydrogen-bond donors (Lipinski definition) is 2. The second-order valence-corrected chi connectivity index (χ2v) is 6.69. The van der Waals surface area contributed by atoms with Gasteiger partial charge in [-0.25, -0.2) is 0 Å². The third kappa shape index (κ3) is 4.65. The molecule has 1 atom stereocenters. The van der Waals surface area contributed by atoms with Crippen LogP contribution in [0.25, 0.3) is 0 Å². The van der Waals surface area contributed by atoms with Crippen molar-refractivity contribution in [3.63, 3.8) is 0 Å². The summed E-state index contributed by atoms with van der Waals surface area (Å²) in [5, 5.41) is 3.02. The van der Waals surface area contributed by atoms with Gasteiger partial charge in [-0.05, 0) is 67.9 Å². The highest BCUT2D eigenvalue weighted by atomic mass is 16.5. The molecular weight excluding hydrogens is 342 g/mol. The first kappa shape index (κ1) is 18.9. The van der Waals surface area contributed by atoms with Crippen LogP contribution in [0.3, 0.4) is 0 Å². The number of amides is 2. The van der Waals surface area contributed by atoms with E-state index in [1.165, 1.54) is 12.8 Å². The average molecular weight is 367 g/mol. The van der Waals surface area contributed by atoms with E-state index in [0.29, 0.717) is 17.7 Å². The summed E-state index contributed by atoms with van der Waals surface area (Å²) < 4.78 is 5.35. The maximum absolute atomic E-state index is 12.5. The molecule has 142 valence electrons. The number of nitrogens with two attached hydrogens (primary N) is 1. The van der Waals surface area contributed by atoms with Crippen molar-refractivity contribution in [3.05, 3.63) is 65.2 Å². The van der Waals surface area contributed by atoms with Gasteiger partial charge in [-0.3, -0.25) is 14.5 Å². The van der Waals surface area contributed by atoms with Crippen molar-refractivity contribution >= 4 is 11.8 Å². The number of carbonyl (C=O) groups is 2. The molecular formula is C21H25N3O3. The molecule has 2 aromatic rings. The molecule has 0 saturated carbocycles. The molecule has 1 heterocycles. The van der Waals surface area contributed by atoms with Gasteiger partial charge < -0.3 is 15.8 Å². The van der Waals surface area contributed by atoms with Gasteiger partial charge >= 0.3 is 0 Å². The maximum Gasteiger partial charge on any atom is 0.251 e. The zero-order valence-corrected chi connectivity index (χ0v) is 15.5. The van der Waals surface area contributed by atoms with Crippen LogP contribution in [-0.4, -0.2) is 43.5 Å². The minimum absolute atomic E-state index is 0.0939. The third-order valence-corrected chi connectivity index (χ3v) is 4.95. The van der Waals surface area contributed by atoms with Crippen LogP contribution in [0.4, 0.5) is 0 Å². The van der Waals surface area contributed by atoms with Crippen LogP contribution >= 0.6 is 0 Å². The van der Waals surface area contributed by atoms with Gasteiger partial charge in [-0.15, -0.1) is 0 Å². The second kappa shape index (κ2) is 8.68. The number of nitrogens with one attached hydrogen (secondary N) is 1. The highest BCUT2D eigenvalue weighted by Crippen LogP contribution is 2.27. The minimum Gasteiger partial charge on any atom is -0.497 e. The fraction of sp³-hybridized carbons (Fsp3) is 0.333. The zero-order valence-electron chi connectivity index (χ0n) is 15.5. The van der Waals surface area contributed by atoms with E-state index in [2.05, 4.69) is 16.3 Å². The fourth-order valence-electron chi connectivity index (χ4n) is 3.44. The largest absolute Gasteiger partial charge is 0.497 e. The molecule has 1 fully saturated rings. The third-order valence-electron chi connectivity index (χ3n) is 4.95. The quantitative estimate of drug-likeness (QED) is 0.787. The first-order valence-corrected chi connectivity index (χ1v) is 9.14. The standard InChI is InChI=1S/C21H25N3O3/c1-27-18-6-4-5-17(13-18)19(24-11-2-3-12-24)14-23-21(26)16-9-7-15(8-10-16)20(22)25/h4-10,13,19H,2-3,11-12,14H2,1H3,(H2,22,25)(H,23,26). The van der Waals surface area contributed by atoms with Crippen molar-refractivity contribution in [2.75, 3.05) is 26.7 Å². The molecule has 1 aliphatic rings. The van der Waals surface area contributed by atoms with Crippen LogP contribution in [0.5, 0.6) is 5.75 Å². The summed E-state index contributed by atoms with van der Waals surface area (Å²) in [7, 11) is 1.65. The zero-order chi connectivity index (χ0) is 19.2. The molecule has 0 bridgehead atoms. The molecule has 27 heavy (non-hydrogen) atoms. The smallest absolute Gasteiger partial charge is 0.251 e. The number of carbonyl (C=O) groups excluding carboxylic acids is 2. The Morgan fingerprint density at radius 2 is 1.78 bits per heavy atom. The number of nitrogens with zero attached hydrogens (tertiary/aromatic N) is 1. The molecule has 1 aliphatic heterocycles. The summed E-state index contributed by atoms with van der Waals surface area (Å²) in [6.45, 7) is 2.54. The maximum atomic E-state index is 12.5. The van der Waals surface area contributed by atoms with Crippen LogP contribution in [0, 0.1) is 0 Å². The lowest BCUT2D eigenvalue weighted by molar-refractivity contribution is 0.0935. The molecule has 6 heteroatoms. The highest BCUT2D eigenvalue weighted by molar-refractivity contribution is 5.97. The number of rotatable bonds is 7. The van der Waals surface area contributed by atoms with Crippen LogP contribution < -0.4 is 15.8 Å². The number of hydrogen-bond acceptors (Lipinski definition) is 4. The van der Waals surface area contributed by atoms with Crippen molar-refractivity contribution in [2.24, 2.45) is 5.73 Å². The van der Waals surface area contributed by atoms with E-state index in [1.807, 2.05) is 18.2 Å². The summed E-state index contributed by atoms with van der Waals surface area (Å²) >= 11 is 0. The van der Waals surface area contributed by atoms with E-state index >= 15 is 0 Å². The molecule has 1 unspecified atom stereocenters. The van der Waals surface area contributed by atoms with E-state index in [0.717, 1.165) is 24.4 Å². The van der Waals surface area contributed by atoms with Gasteiger partial charge in [0.05, 0.1) is 13.2 Å². The minimum atomic E-state index is -0.505. The lowest BCUT2D eigenvalue weighted by Gasteiger charge is -2.28. The first-order chi connectivity index (χ1) is 13.1. The van der Waals surface area contributed by atoms with Gasteiger partial charge in [-0.2, -0.15) is 0 Å². The highest BCUT2D eigenvalue weighted by Gasteiger charge is 2.24. The summed E-state index contributed by atoms with van der Waals surface area (Å²) in [4.78, 5) is 26.1. The van der Waals surface area contributed by atoms with Crippen LogP contribution in [-0.2, 0) is 0 Å². The van der Waals surface area contributed by atoms with Crippen molar-refractivity contribution < 1.29 is 14.3 Å². The van der Waals surface area contributed by atoms with Gasteiger partial charge in [0.25, 0.3) is 5.91 Å². The van der Waals surface area contributed by atoms with E-state index in [4.69, 9.17) is 10.5 Å². The molecule has 3 rings (SSSR count). The van der Waals surface area contributed by atoms with Crippen LogP contribution in [0.1, 0.15) is 45.2 Å². The number of benzene rings is 2. The molecule has 0 aromatic heterocycles. The predicted octanol–water partition coefficient (Wildman–Crippen LogP) is 2.36. The molecule has 3 N–H and O–H groups in total. The molecule has 1 saturated heterocycles. The Labute approximate surface area is 159 Å². The van der Waals surface area contributed by atoms with E-state index in [-0.39, 0.29) is 11.9 Å². The lowest BCUT2D eigenvalue weighted by atomic mass is 10.0. The number of primary amides is 1. The Bertz CT molecular complexity index is 799. The van der Waals surface area contributed by atoms with Crippen molar-refractivity contribution in [1.82, 2.24) is 10.2 Å². The number of ether oxygens (including phenoxy) is 1. The van der Waals surface area contributed by atoms with E-state index < -0.39 is 5.91 Å². The molecule has 2 amide bonds. The molecule has 2 aromatic carbocycles. The van der Waals surface area contributed by atoms with Gasteiger partial charge in [0.2, 0.25) is 5.91 Å². The van der Waals surface area contributed by atoms with Gasteiger partial charge in [-0.1, -0.05) is 12.1 Å². The Hall–Kier alpha value is -2.86. The molecule has 6 nitrogen and oxygen atoms in total. The second-order valence-electron chi connectivity index (χ2n) is 6.69. The monoisotopic (exact) mass is 367 g/mol. The van der Waals surface area contributed by atoms with Crippen LogP contribution in [0.2, 0.25) is 0 Å². The predicted molar refractivity (Wildman–Crippen MR) is 104 cm³/mol. The number of methoxy groups -OCH3 is 1.